The van der Waals surface area contributed by atoms with Gasteiger partial charge in [0.2, 0.25) is 0 Å². The first kappa shape index (κ1) is 16.4. The molecule has 0 bridgehead atoms. The second kappa shape index (κ2) is 5.66. The van der Waals surface area contributed by atoms with Crippen molar-refractivity contribution in [2.45, 2.75) is 6.18 Å². The number of nitrogen functional groups attached to an aromatic ring is 1. The first-order valence-corrected chi connectivity index (χ1v) is 6.47. The summed E-state index contributed by atoms with van der Waals surface area (Å²) in [6, 6.07) is 5.03. The number of hydrogen-bond donors (Lipinski definition) is 1. The number of nitro benzene ring substituents is 1. The van der Waals surface area contributed by atoms with E-state index in [0.717, 1.165) is 24.3 Å². The van der Waals surface area contributed by atoms with Gasteiger partial charge in [0.25, 0.3) is 5.69 Å². The molecule has 0 radical (unpaired) electrons. The zero-order valence-corrected chi connectivity index (χ0v) is 12.1. The van der Waals surface area contributed by atoms with Crippen molar-refractivity contribution in [2.75, 3.05) is 5.73 Å². The fraction of sp³-hybridized carbons (Fsp3) is 0.0769. The van der Waals surface area contributed by atoms with E-state index >= 15 is 0 Å². The van der Waals surface area contributed by atoms with Crippen LogP contribution in [0.25, 0.3) is 11.1 Å². The lowest BCUT2D eigenvalue weighted by molar-refractivity contribution is -0.383. The fourth-order valence-electron chi connectivity index (χ4n) is 1.93. The van der Waals surface area contributed by atoms with Crippen molar-refractivity contribution < 1.29 is 18.1 Å². The number of halogens is 5. The molecule has 0 aliphatic carbocycles. The Hall–Kier alpha value is -1.99. The van der Waals surface area contributed by atoms with Crippen LogP contribution in [0, 0.1) is 10.1 Å². The summed E-state index contributed by atoms with van der Waals surface area (Å²) in [4.78, 5) is 10.1. The Labute approximate surface area is 132 Å². The maximum Gasteiger partial charge on any atom is 0.417 e. The smallest absolute Gasteiger partial charge is 0.393 e. The van der Waals surface area contributed by atoms with Gasteiger partial charge in [-0.2, -0.15) is 13.2 Å². The highest BCUT2D eigenvalue weighted by Crippen LogP contribution is 2.43. The zero-order chi connectivity index (χ0) is 16.7. The number of nitrogens with two attached hydrogens (primary N) is 1. The summed E-state index contributed by atoms with van der Waals surface area (Å²) < 4.78 is 39.4. The molecule has 0 atom stereocenters. The molecule has 0 amide bonds. The van der Waals surface area contributed by atoms with E-state index in [1.165, 1.54) is 6.07 Å². The first-order valence-electron chi connectivity index (χ1n) is 5.72. The monoisotopic (exact) mass is 350 g/mol. The summed E-state index contributed by atoms with van der Waals surface area (Å²) in [5.74, 6) is 0. The van der Waals surface area contributed by atoms with Gasteiger partial charge < -0.3 is 5.73 Å². The number of nitrogens with zero attached hydrogens (tertiary/aromatic N) is 1. The third kappa shape index (κ3) is 3.10. The van der Waals surface area contributed by atoms with E-state index in [1.54, 1.807) is 0 Å². The molecular formula is C13H7Cl2F3N2O2. The number of benzene rings is 2. The molecule has 2 N–H and O–H groups in total. The van der Waals surface area contributed by atoms with Crippen molar-refractivity contribution in [1.82, 2.24) is 0 Å². The lowest BCUT2D eigenvalue weighted by atomic mass is 9.98. The molecule has 0 aliphatic heterocycles. The maximum absolute atomic E-state index is 13.1. The van der Waals surface area contributed by atoms with Crippen LogP contribution in [0.3, 0.4) is 0 Å². The van der Waals surface area contributed by atoms with Gasteiger partial charge in [0, 0.05) is 16.7 Å². The number of alkyl halides is 3. The van der Waals surface area contributed by atoms with Gasteiger partial charge in [-0.05, 0) is 23.8 Å². The second-order valence-corrected chi connectivity index (χ2v) is 5.18. The SMILES string of the molecule is Nc1cc(Cl)c(-c2ccc(Cl)cc2C(F)(F)F)cc1[N+](=O)[O-]. The van der Waals surface area contributed by atoms with Crippen LogP contribution in [0.2, 0.25) is 10.0 Å². The van der Waals surface area contributed by atoms with Crippen molar-refractivity contribution in [2.24, 2.45) is 0 Å². The van der Waals surface area contributed by atoms with E-state index in [-0.39, 0.29) is 26.9 Å². The van der Waals surface area contributed by atoms with E-state index in [9.17, 15) is 23.3 Å². The summed E-state index contributed by atoms with van der Waals surface area (Å²) in [5, 5.41) is 10.6. The molecule has 0 heterocycles. The molecular weight excluding hydrogens is 344 g/mol. The lowest BCUT2D eigenvalue weighted by Crippen LogP contribution is -2.07. The first-order chi connectivity index (χ1) is 10.1. The van der Waals surface area contributed by atoms with Gasteiger partial charge in [0.1, 0.15) is 5.69 Å². The third-order valence-electron chi connectivity index (χ3n) is 2.89. The lowest BCUT2D eigenvalue weighted by Gasteiger charge is -2.14. The topological polar surface area (TPSA) is 69.2 Å². The van der Waals surface area contributed by atoms with Crippen molar-refractivity contribution >= 4 is 34.6 Å². The van der Waals surface area contributed by atoms with Crippen molar-refractivity contribution in [3.05, 3.63) is 56.1 Å². The highest BCUT2D eigenvalue weighted by atomic mass is 35.5. The molecule has 0 spiro atoms. The Balaban J connectivity index is 2.77. The number of rotatable bonds is 2. The minimum absolute atomic E-state index is 0.114. The molecule has 2 rings (SSSR count). The van der Waals surface area contributed by atoms with Crippen molar-refractivity contribution in [3.8, 4) is 11.1 Å². The van der Waals surface area contributed by atoms with Crippen LogP contribution in [0.1, 0.15) is 5.56 Å². The summed E-state index contributed by atoms with van der Waals surface area (Å²) >= 11 is 11.5. The Kier molecular flexibility index (Phi) is 4.21. The molecule has 116 valence electrons. The highest BCUT2D eigenvalue weighted by molar-refractivity contribution is 6.34. The molecule has 0 aromatic heterocycles. The Morgan fingerprint density at radius 2 is 1.73 bits per heavy atom. The summed E-state index contributed by atoms with van der Waals surface area (Å²) in [6.45, 7) is 0. The average molecular weight is 351 g/mol. The molecule has 4 nitrogen and oxygen atoms in total. The normalized spacial score (nSPS) is 11.5. The molecule has 0 fully saturated rings. The van der Waals surface area contributed by atoms with Crippen LogP contribution in [-0.4, -0.2) is 4.92 Å². The molecule has 0 saturated carbocycles. The van der Waals surface area contributed by atoms with Gasteiger partial charge in [-0.3, -0.25) is 10.1 Å². The highest BCUT2D eigenvalue weighted by Gasteiger charge is 2.34. The molecule has 22 heavy (non-hydrogen) atoms. The van der Waals surface area contributed by atoms with E-state index in [4.69, 9.17) is 28.9 Å². The second-order valence-electron chi connectivity index (χ2n) is 4.34. The van der Waals surface area contributed by atoms with E-state index in [2.05, 4.69) is 0 Å². The largest absolute Gasteiger partial charge is 0.417 e. The van der Waals surface area contributed by atoms with Crippen LogP contribution >= 0.6 is 23.2 Å². The van der Waals surface area contributed by atoms with Gasteiger partial charge in [-0.25, -0.2) is 0 Å². The molecule has 9 heteroatoms. The van der Waals surface area contributed by atoms with Gasteiger partial charge in [0.15, 0.2) is 0 Å². The van der Waals surface area contributed by atoms with Crippen LogP contribution in [0.15, 0.2) is 30.3 Å². The van der Waals surface area contributed by atoms with Crippen LogP contribution in [0.5, 0.6) is 0 Å². The molecule has 0 aliphatic rings. The summed E-state index contributed by atoms with van der Waals surface area (Å²) in [6.07, 6.45) is -4.69. The predicted octanol–water partition coefficient (Wildman–Crippen LogP) is 5.17. The molecule has 0 saturated heterocycles. The number of hydrogen-bond acceptors (Lipinski definition) is 3. The molecule has 2 aromatic carbocycles. The van der Waals surface area contributed by atoms with E-state index in [0.29, 0.717) is 0 Å². The van der Waals surface area contributed by atoms with Crippen LogP contribution in [-0.2, 0) is 6.18 Å². The zero-order valence-electron chi connectivity index (χ0n) is 10.6. The van der Waals surface area contributed by atoms with Gasteiger partial charge in [-0.15, -0.1) is 0 Å². The molecule has 2 aromatic rings. The number of anilines is 1. The fourth-order valence-corrected chi connectivity index (χ4v) is 2.37. The summed E-state index contributed by atoms with van der Waals surface area (Å²) in [7, 11) is 0. The Bertz CT molecular complexity index is 764. The number of nitro groups is 1. The third-order valence-corrected chi connectivity index (χ3v) is 3.44. The average Bonchev–Trinajstić information content (AvgIpc) is 2.38. The van der Waals surface area contributed by atoms with E-state index in [1.807, 2.05) is 0 Å². The summed E-state index contributed by atoms with van der Waals surface area (Å²) in [5.41, 5.74) is 3.19. The van der Waals surface area contributed by atoms with E-state index < -0.39 is 22.4 Å². The minimum Gasteiger partial charge on any atom is -0.393 e. The van der Waals surface area contributed by atoms with Crippen LogP contribution < -0.4 is 5.73 Å². The quantitative estimate of drug-likeness (QED) is 0.461. The van der Waals surface area contributed by atoms with Crippen molar-refractivity contribution in [1.29, 1.82) is 0 Å². The maximum atomic E-state index is 13.1. The van der Waals surface area contributed by atoms with Gasteiger partial charge in [-0.1, -0.05) is 29.3 Å². The van der Waals surface area contributed by atoms with Gasteiger partial charge in [0.05, 0.1) is 15.5 Å². The standard InChI is InChI=1S/C13H7Cl2F3N2O2/c14-6-1-2-7(9(3-6)13(16,17)18)8-4-12(20(21)22)11(19)5-10(8)15/h1-5H,19H2. The predicted molar refractivity (Wildman–Crippen MR) is 78.0 cm³/mol. The van der Waals surface area contributed by atoms with Crippen LogP contribution in [0.4, 0.5) is 24.5 Å². The molecule has 0 unspecified atom stereocenters. The Morgan fingerprint density at radius 3 is 2.27 bits per heavy atom. The minimum atomic E-state index is -4.69. The van der Waals surface area contributed by atoms with Gasteiger partial charge >= 0.3 is 6.18 Å². The van der Waals surface area contributed by atoms with Crippen molar-refractivity contribution in [3.63, 3.8) is 0 Å². The Morgan fingerprint density at radius 1 is 1.09 bits per heavy atom.